The van der Waals surface area contributed by atoms with Crippen molar-refractivity contribution < 1.29 is 15.0 Å². The monoisotopic (exact) mass is 203 g/mol. The maximum Gasteiger partial charge on any atom is 0.304 e. The summed E-state index contributed by atoms with van der Waals surface area (Å²) in [6.45, 7) is 5.78. The summed E-state index contributed by atoms with van der Waals surface area (Å²) in [7, 11) is 0. The predicted octanol–water partition coefficient (Wildman–Crippen LogP) is 0.944. The molecule has 0 heterocycles. The second-order valence-corrected chi connectivity index (χ2v) is 3.65. The van der Waals surface area contributed by atoms with Crippen molar-refractivity contribution in [3.05, 3.63) is 0 Å². The first-order valence-corrected chi connectivity index (χ1v) is 5.18. The zero-order valence-corrected chi connectivity index (χ0v) is 9.07. The Balaban J connectivity index is 3.77. The maximum absolute atomic E-state index is 10.4. The molecular formula is C10H21NO3. The Labute approximate surface area is 85.5 Å². The van der Waals surface area contributed by atoms with Gasteiger partial charge in [-0.1, -0.05) is 13.3 Å². The van der Waals surface area contributed by atoms with Crippen molar-refractivity contribution in [1.29, 1.82) is 0 Å². The fourth-order valence-corrected chi connectivity index (χ4v) is 1.30. The lowest BCUT2D eigenvalue weighted by Gasteiger charge is -2.22. The van der Waals surface area contributed by atoms with Crippen LogP contribution < -0.4 is 0 Å². The van der Waals surface area contributed by atoms with Gasteiger partial charge < -0.3 is 15.1 Å². The van der Waals surface area contributed by atoms with Crippen LogP contribution in [0.25, 0.3) is 0 Å². The normalized spacial score (nSPS) is 13.1. The summed E-state index contributed by atoms with van der Waals surface area (Å²) in [5.74, 6) is -0.780. The molecule has 0 aliphatic rings. The van der Waals surface area contributed by atoms with Gasteiger partial charge >= 0.3 is 5.97 Å². The first kappa shape index (κ1) is 13.4. The summed E-state index contributed by atoms with van der Waals surface area (Å²) < 4.78 is 0. The molecule has 4 nitrogen and oxygen atoms in total. The lowest BCUT2D eigenvalue weighted by molar-refractivity contribution is -0.137. The number of carbonyl (C=O) groups is 1. The average molecular weight is 203 g/mol. The van der Waals surface area contributed by atoms with Crippen LogP contribution in [0.3, 0.4) is 0 Å². The molecule has 0 bridgehead atoms. The predicted molar refractivity (Wildman–Crippen MR) is 55.3 cm³/mol. The minimum atomic E-state index is -0.780. The Kier molecular flexibility index (Phi) is 7.42. The van der Waals surface area contributed by atoms with E-state index in [1.807, 2.05) is 4.90 Å². The molecule has 0 fully saturated rings. The molecule has 0 aromatic heterocycles. The fraction of sp³-hybridized carbons (Fsp3) is 0.900. The molecule has 0 aliphatic heterocycles. The molecule has 1 atom stereocenters. The SMILES string of the molecule is CCCCN(CCC(=O)O)CC(C)O. The summed E-state index contributed by atoms with van der Waals surface area (Å²) in [4.78, 5) is 12.4. The quantitative estimate of drug-likeness (QED) is 0.616. The van der Waals surface area contributed by atoms with Crippen LogP contribution in [-0.4, -0.2) is 46.8 Å². The van der Waals surface area contributed by atoms with Crippen molar-refractivity contribution in [1.82, 2.24) is 4.90 Å². The maximum atomic E-state index is 10.4. The molecule has 1 unspecified atom stereocenters. The van der Waals surface area contributed by atoms with Crippen molar-refractivity contribution in [3.8, 4) is 0 Å². The number of hydrogen-bond acceptors (Lipinski definition) is 3. The smallest absolute Gasteiger partial charge is 0.304 e. The van der Waals surface area contributed by atoms with E-state index < -0.39 is 5.97 Å². The molecule has 0 amide bonds. The molecule has 14 heavy (non-hydrogen) atoms. The molecule has 84 valence electrons. The molecule has 0 spiro atoms. The highest BCUT2D eigenvalue weighted by molar-refractivity contribution is 5.66. The molecule has 0 radical (unpaired) electrons. The third-order valence-electron chi connectivity index (χ3n) is 1.99. The van der Waals surface area contributed by atoms with Gasteiger partial charge in [-0.05, 0) is 19.9 Å². The Morgan fingerprint density at radius 3 is 2.50 bits per heavy atom. The molecule has 0 saturated heterocycles. The Morgan fingerprint density at radius 2 is 2.07 bits per heavy atom. The van der Waals surface area contributed by atoms with E-state index in [9.17, 15) is 9.90 Å². The largest absolute Gasteiger partial charge is 0.481 e. The number of unbranched alkanes of at least 4 members (excludes halogenated alkanes) is 1. The molecular weight excluding hydrogens is 182 g/mol. The van der Waals surface area contributed by atoms with E-state index >= 15 is 0 Å². The Morgan fingerprint density at radius 1 is 1.43 bits per heavy atom. The van der Waals surface area contributed by atoms with Crippen LogP contribution in [0.5, 0.6) is 0 Å². The zero-order valence-electron chi connectivity index (χ0n) is 9.07. The van der Waals surface area contributed by atoms with Crippen molar-refractivity contribution in [2.24, 2.45) is 0 Å². The minimum absolute atomic E-state index is 0.149. The van der Waals surface area contributed by atoms with E-state index in [0.717, 1.165) is 19.4 Å². The van der Waals surface area contributed by atoms with Gasteiger partial charge in [0.05, 0.1) is 12.5 Å². The van der Waals surface area contributed by atoms with Gasteiger partial charge in [-0.2, -0.15) is 0 Å². The highest BCUT2D eigenvalue weighted by Crippen LogP contribution is 1.99. The zero-order chi connectivity index (χ0) is 11.0. The van der Waals surface area contributed by atoms with Crippen LogP contribution in [0.4, 0.5) is 0 Å². The van der Waals surface area contributed by atoms with Crippen LogP contribution in [0.1, 0.15) is 33.1 Å². The molecule has 0 aromatic carbocycles. The van der Waals surface area contributed by atoms with E-state index in [1.54, 1.807) is 6.92 Å². The van der Waals surface area contributed by atoms with E-state index in [-0.39, 0.29) is 12.5 Å². The fourth-order valence-electron chi connectivity index (χ4n) is 1.30. The van der Waals surface area contributed by atoms with Crippen molar-refractivity contribution in [2.45, 2.75) is 39.2 Å². The second kappa shape index (κ2) is 7.76. The van der Waals surface area contributed by atoms with Gasteiger partial charge in [0, 0.05) is 13.1 Å². The molecule has 0 saturated carbocycles. The lowest BCUT2D eigenvalue weighted by atomic mass is 10.2. The summed E-state index contributed by atoms with van der Waals surface area (Å²) in [6.07, 6.45) is 1.90. The van der Waals surface area contributed by atoms with Crippen LogP contribution in [0.15, 0.2) is 0 Å². The molecule has 2 N–H and O–H groups in total. The number of carboxylic acid groups (broad SMARTS) is 1. The number of nitrogens with zero attached hydrogens (tertiary/aromatic N) is 1. The summed E-state index contributed by atoms with van der Waals surface area (Å²) in [5.41, 5.74) is 0. The molecule has 0 rings (SSSR count). The van der Waals surface area contributed by atoms with Gasteiger partial charge in [-0.25, -0.2) is 0 Å². The molecule has 4 heteroatoms. The summed E-state index contributed by atoms with van der Waals surface area (Å²) >= 11 is 0. The highest BCUT2D eigenvalue weighted by Gasteiger charge is 2.09. The van der Waals surface area contributed by atoms with E-state index in [1.165, 1.54) is 0 Å². The van der Waals surface area contributed by atoms with Gasteiger partial charge in [0.1, 0.15) is 0 Å². The standard InChI is InChI=1S/C10H21NO3/c1-3-4-6-11(8-9(2)12)7-5-10(13)14/h9,12H,3-8H2,1-2H3,(H,13,14). The Hall–Kier alpha value is -0.610. The average Bonchev–Trinajstić information content (AvgIpc) is 2.09. The number of aliphatic carboxylic acids is 1. The van der Waals surface area contributed by atoms with Crippen molar-refractivity contribution >= 4 is 5.97 Å². The number of aliphatic hydroxyl groups excluding tert-OH is 1. The highest BCUT2D eigenvalue weighted by atomic mass is 16.4. The number of hydrogen-bond donors (Lipinski definition) is 2. The Bertz CT molecular complexity index is 159. The van der Waals surface area contributed by atoms with Gasteiger partial charge in [-0.3, -0.25) is 4.79 Å². The van der Waals surface area contributed by atoms with E-state index in [0.29, 0.717) is 13.1 Å². The number of aliphatic hydroxyl groups is 1. The van der Waals surface area contributed by atoms with Gasteiger partial charge in [0.25, 0.3) is 0 Å². The first-order chi connectivity index (χ1) is 6.56. The van der Waals surface area contributed by atoms with Crippen LogP contribution in [-0.2, 0) is 4.79 Å². The second-order valence-electron chi connectivity index (χ2n) is 3.65. The summed E-state index contributed by atoms with van der Waals surface area (Å²) in [6, 6.07) is 0. The van der Waals surface area contributed by atoms with Crippen molar-refractivity contribution in [3.63, 3.8) is 0 Å². The molecule has 0 aromatic rings. The van der Waals surface area contributed by atoms with E-state index in [4.69, 9.17) is 5.11 Å². The van der Waals surface area contributed by atoms with Gasteiger partial charge in [-0.15, -0.1) is 0 Å². The van der Waals surface area contributed by atoms with Crippen LogP contribution >= 0.6 is 0 Å². The minimum Gasteiger partial charge on any atom is -0.481 e. The summed E-state index contributed by atoms with van der Waals surface area (Å²) in [5, 5.41) is 17.7. The van der Waals surface area contributed by atoms with Crippen LogP contribution in [0.2, 0.25) is 0 Å². The third kappa shape index (κ3) is 8.01. The number of carboxylic acids is 1. The number of rotatable bonds is 8. The first-order valence-electron chi connectivity index (χ1n) is 5.18. The third-order valence-corrected chi connectivity index (χ3v) is 1.99. The van der Waals surface area contributed by atoms with Gasteiger partial charge in [0.2, 0.25) is 0 Å². The van der Waals surface area contributed by atoms with Gasteiger partial charge in [0.15, 0.2) is 0 Å². The molecule has 0 aliphatic carbocycles. The van der Waals surface area contributed by atoms with E-state index in [2.05, 4.69) is 6.92 Å². The van der Waals surface area contributed by atoms with Crippen LogP contribution in [0, 0.1) is 0 Å². The lowest BCUT2D eigenvalue weighted by Crippen LogP contribution is -2.33. The topological polar surface area (TPSA) is 60.8 Å². The van der Waals surface area contributed by atoms with Crippen molar-refractivity contribution in [2.75, 3.05) is 19.6 Å².